The quantitative estimate of drug-likeness (QED) is 0.668. The smallest absolute Gasteiger partial charge is 0.375 e. The van der Waals surface area contributed by atoms with E-state index >= 15 is 0 Å². The van der Waals surface area contributed by atoms with Crippen LogP contribution >= 0.6 is 11.6 Å². The summed E-state index contributed by atoms with van der Waals surface area (Å²) >= 11 is 6.16. The second-order valence-corrected chi connectivity index (χ2v) is 5.26. The molecule has 0 aliphatic carbocycles. The predicted molar refractivity (Wildman–Crippen MR) is 85.5 cm³/mol. The number of ether oxygens (including phenoxy) is 1. The van der Waals surface area contributed by atoms with Gasteiger partial charge in [-0.15, -0.1) is 0 Å². The molecule has 7 nitrogen and oxygen atoms in total. The van der Waals surface area contributed by atoms with E-state index in [1.807, 2.05) is 6.92 Å². The molecule has 122 valence electrons. The van der Waals surface area contributed by atoms with Gasteiger partial charge in [-0.2, -0.15) is 0 Å². The lowest BCUT2D eigenvalue weighted by atomic mass is 10.2. The number of rotatable bonds is 5. The Morgan fingerprint density at radius 2 is 2.13 bits per heavy atom. The zero-order chi connectivity index (χ0) is 17.1. The van der Waals surface area contributed by atoms with Crippen LogP contribution in [0.2, 0.25) is 5.02 Å². The Hall–Kier alpha value is -2.54. The molecule has 2 rings (SSSR count). The molecule has 0 fully saturated rings. The van der Waals surface area contributed by atoms with Crippen LogP contribution in [0.15, 0.2) is 29.2 Å². The Morgan fingerprint density at radius 3 is 2.74 bits per heavy atom. The summed E-state index contributed by atoms with van der Waals surface area (Å²) in [4.78, 5) is 22.4. The van der Waals surface area contributed by atoms with E-state index in [0.29, 0.717) is 22.9 Å². The molecule has 2 aromatic rings. The third-order valence-electron chi connectivity index (χ3n) is 3.30. The first-order valence-corrected chi connectivity index (χ1v) is 7.22. The van der Waals surface area contributed by atoms with Gasteiger partial charge in [0.1, 0.15) is 5.75 Å². The minimum absolute atomic E-state index is 0.00417. The lowest BCUT2D eigenvalue weighted by molar-refractivity contribution is -0.387. The molecule has 0 saturated heterocycles. The summed E-state index contributed by atoms with van der Waals surface area (Å²) in [6.07, 6.45) is 1.35. The average molecular weight is 339 g/mol. The van der Waals surface area contributed by atoms with E-state index in [0.717, 1.165) is 4.57 Å². The van der Waals surface area contributed by atoms with Crippen molar-refractivity contribution < 1.29 is 14.8 Å². The number of nitrogens with zero attached hydrogens (tertiary/aromatic N) is 2. The van der Waals surface area contributed by atoms with Gasteiger partial charge in [0, 0.05) is 22.3 Å². The third kappa shape index (κ3) is 3.29. The van der Waals surface area contributed by atoms with Crippen molar-refractivity contribution in [2.45, 2.75) is 20.4 Å². The van der Waals surface area contributed by atoms with Gasteiger partial charge < -0.3 is 14.4 Å². The van der Waals surface area contributed by atoms with Gasteiger partial charge in [0.05, 0.1) is 18.1 Å². The monoisotopic (exact) mass is 338 g/mol. The van der Waals surface area contributed by atoms with Crippen LogP contribution in [0.4, 0.5) is 5.69 Å². The molecular formula is C15H15ClN2O5. The van der Waals surface area contributed by atoms with Crippen LogP contribution in [-0.4, -0.2) is 21.2 Å². The van der Waals surface area contributed by atoms with E-state index in [9.17, 15) is 20.0 Å². The molecule has 0 aliphatic rings. The number of pyridine rings is 1. The van der Waals surface area contributed by atoms with E-state index in [1.165, 1.54) is 13.1 Å². The number of halogens is 1. The molecule has 8 heteroatoms. The first-order valence-electron chi connectivity index (χ1n) is 6.84. The molecule has 0 saturated carbocycles. The summed E-state index contributed by atoms with van der Waals surface area (Å²) in [6.45, 7) is 3.70. The number of nitro groups is 1. The van der Waals surface area contributed by atoms with Gasteiger partial charge in [-0.3, -0.25) is 14.9 Å². The van der Waals surface area contributed by atoms with Gasteiger partial charge in [0.15, 0.2) is 0 Å². The van der Waals surface area contributed by atoms with Gasteiger partial charge in [0.25, 0.3) is 0 Å². The van der Waals surface area contributed by atoms with Gasteiger partial charge in [-0.25, -0.2) is 0 Å². The molecule has 0 atom stereocenters. The van der Waals surface area contributed by atoms with Crippen molar-refractivity contribution in [1.29, 1.82) is 0 Å². The van der Waals surface area contributed by atoms with Crippen LogP contribution in [0, 0.1) is 17.0 Å². The lowest BCUT2D eigenvalue weighted by Crippen LogP contribution is -2.23. The molecule has 1 N–H and O–H groups in total. The molecule has 1 aromatic carbocycles. The Labute approximate surface area is 136 Å². The number of aryl methyl sites for hydroxylation is 1. The van der Waals surface area contributed by atoms with Gasteiger partial charge >= 0.3 is 11.2 Å². The highest BCUT2D eigenvalue weighted by Crippen LogP contribution is 2.29. The largest absolute Gasteiger partial charge is 0.502 e. The highest BCUT2D eigenvalue weighted by molar-refractivity contribution is 6.31. The summed E-state index contributed by atoms with van der Waals surface area (Å²) in [7, 11) is 0. The van der Waals surface area contributed by atoms with Crippen molar-refractivity contribution in [2.24, 2.45) is 0 Å². The highest BCUT2D eigenvalue weighted by Gasteiger charge is 2.24. The fourth-order valence-electron chi connectivity index (χ4n) is 2.21. The molecule has 0 unspecified atom stereocenters. The van der Waals surface area contributed by atoms with Gasteiger partial charge in [-0.05, 0) is 26.0 Å². The Morgan fingerprint density at radius 1 is 1.43 bits per heavy atom. The number of hydrogen-bond donors (Lipinski definition) is 1. The normalized spacial score (nSPS) is 10.6. The number of aromatic nitrogens is 1. The van der Waals surface area contributed by atoms with E-state index in [2.05, 4.69) is 0 Å². The molecule has 0 spiro atoms. The van der Waals surface area contributed by atoms with Crippen LogP contribution in [0.3, 0.4) is 0 Å². The highest BCUT2D eigenvalue weighted by atomic mass is 35.5. The van der Waals surface area contributed by atoms with Crippen molar-refractivity contribution in [3.63, 3.8) is 0 Å². The summed E-state index contributed by atoms with van der Waals surface area (Å²) in [6, 6.07) is 5.06. The zero-order valence-electron chi connectivity index (χ0n) is 12.6. The van der Waals surface area contributed by atoms with E-state index in [4.69, 9.17) is 16.3 Å². The minimum Gasteiger partial charge on any atom is -0.502 e. The summed E-state index contributed by atoms with van der Waals surface area (Å²) in [5.74, 6) is -0.124. The maximum absolute atomic E-state index is 12.2. The number of aromatic hydroxyl groups is 1. The topological polar surface area (TPSA) is 94.6 Å². The zero-order valence-corrected chi connectivity index (χ0v) is 13.3. The first kappa shape index (κ1) is 16.8. The molecule has 0 aliphatic heterocycles. The molecule has 0 bridgehead atoms. The second kappa shape index (κ2) is 6.70. The average Bonchev–Trinajstić information content (AvgIpc) is 2.48. The lowest BCUT2D eigenvalue weighted by Gasteiger charge is -2.14. The fourth-order valence-corrected chi connectivity index (χ4v) is 2.44. The van der Waals surface area contributed by atoms with Crippen molar-refractivity contribution >= 4 is 17.3 Å². The molecular weight excluding hydrogens is 324 g/mol. The second-order valence-electron chi connectivity index (χ2n) is 4.85. The molecule has 0 radical (unpaired) electrons. The summed E-state index contributed by atoms with van der Waals surface area (Å²) in [5.41, 5.74) is -0.991. The predicted octanol–water partition coefficient (Wildman–Crippen LogP) is 2.87. The van der Waals surface area contributed by atoms with Crippen LogP contribution in [0.5, 0.6) is 11.5 Å². The Bertz CT molecular complexity index is 816. The molecule has 1 aromatic heterocycles. The van der Waals surface area contributed by atoms with Crippen molar-refractivity contribution in [2.75, 3.05) is 6.61 Å². The van der Waals surface area contributed by atoms with E-state index in [1.54, 1.807) is 18.2 Å². The van der Waals surface area contributed by atoms with Crippen molar-refractivity contribution in [1.82, 2.24) is 4.57 Å². The van der Waals surface area contributed by atoms with Crippen LogP contribution in [0.25, 0.3) is 0 Å². The molecule has 0 amide bonds. The van der Waals surface area contributed by atoms with Crippen molar-refractivity contribution in [3.8, 4) is 11.5 Å². The first-order chi connectivity index (χ1) is 10.9. The minimum atomic E-state index is -0.902. The maximum Gasteiger partial charge on any atom is 0.375 e. The SMILES string of the molecule is CCOc1cccc(Cl)c1Cn1cc(C)c(O)c([N+](=O)[O-])c1=O. The van der Waals surface area contributed by atoms with Gasteiger partial charge in [-0.1, -0.05) is 17.7 Å². The summed E-state index contributed by atoms with van der Waals surface area (Å²) in [5, 5.41) is 21.1. The Kier molecular flexibility index (Phi) is 4.90. The van der Waals surface area contributed by atoms with Crippen LogP contribution in [0.1, 0.15) is 18.1 Å². The number of hydrogen-bond acceptors (Lipinski definition) is 5. The maximum atomic E-state index is 12.2. The van der Waals surface area contributed by atoms with Crippen LogP contribution < -0.4 is 10.3 Å². The third-order valence-corrected chi connectivity index (χ3v) is 3.65. The van der Waals surface area contributed by atoms with Crippen LogP contribution in [-0.2, 0) is 6.54 Å². The fraction of sp³-hybridized carbons (Fsp3) is 0.267. The number of benzene rings is 1. The summed E-state index contributed by atoms with van der Waals surface area (Å²) < 4.78 is 6.61. The van der Waals surface area contributed by atoms with E-state index < -0.39 is 21.9 Å². The Balaban J connectivity index is 2.58. The van der Waals surface area contributed by atoms with Crippen molar-refractivity contribution in [3.05, 3.63) is 61.0 Å². The standard InChI is InChI=1S/C15H15ClN2O5/c1-3-23-12-6-4-5-11(16)10(12)8-17-7-9(2)14(19)13(15(17)20)18(21)22/h4-7,19H,3,8H2,1-2H3. The molecule has 1 heterocycles. The van der Waals surface area contributed by atoms with Gasteiger partial charge in [0.2, 0.25) is 5.75 Å². The molecule has 23 heavy (non-hydrogen) atoms. The van der Waals surface area contributed by atoms with E-state index in [-0.39, 0.29) is 12.1 Å².